The Labute approximate surface area is 53.5 Å². The van der Waals surface area contributed by atoms with Crippen LogP contribution in [0.4, 0.5) is 0 Å². The molecule has 1 aromatic rings. The molecule has 0 aliphatic rings. The Kier molecular flexibility index (Phi) is 1.79. The number of ether oxygens (including phenoxy) is 1. The van der Waals surface area contributed by atoms with Gasteiger partial charge in [0.1, 0.15) is 0 Å². The number of nitrogens with one attached hydrogen (secondary N) is 1. The summed E-state index contributed by atoms with van der Waals surface area (Å²) >= 11 is 0. The van der Waals surface area contributed by atoms with Crippen LogP contribution < -0.4 is 4.68 Å². The minimum absolute atomic E-state index is 0.0347. The molecular weight excluding hydrogens is 118 g/mol. The number of hydrogen-bond donors (Lipinski definition) is 1. The lowest BCUT2D eigenvalue weighted by Crippen LogP contribution is -2.39. The van der Waals surface area contributed by atoms with Gasteiger partial charge in [0.05, 0.1) is 0 Å². The lowest BCUT2D eigenvalue weighted by atomic mass is 10.7. The average Bonchev–Trinajstić information content (AvgIpc) is 2.37. The van der Waals surface area contributed by atoms with Crippen molar-refractivity contribution in [3.8, 4) is 0 Å². The molecule has 50 valence electrons. The van der Waals surface area contributed by atoms with Gasteiger partial charge in [0.25, 0.3) is 0 Å². The van der Waals surface area contributed by atoms with Crippen LogP contribution in [0, 0.1) is 0 Å². The van der Waals surface area contributed by atoms with Crippen LogP contribution in [0.2, 0.25) is 0 Å². The molecule has 9 heavy (non-hydrogen) atoms. The van der Waals surface area contributed by atoms with E-state index >= 15 is 0 Å². The van der Waals surface area contributed by atoms with Crippen LogP contribution in [0.3, 0.4) is 0 Å². The lowest BCUT2D eigenvalue weighted by molar-refractivity contribution is -0.805. The quantitative estimate of drug-likeness (QED) is 0.563. The third kappa shape index (κ3) is 1.26. The van der Waals surface area contributed by atoms with Crippen molar-refractivity contribution in [2.24, 2.45) is 0 Å². The van der Waals surface area contributed by atoms with Crippen LogP contribution in [0.15, 0.2) is 12.7 Å². The number of hydrogen-bond acceptors (Lipinski definition) is 2. The van der Waals surface area contributed by atoms with Crippen LogP contribution in [-0.4, -0.2) is 17.2 Å². The smallest absolute Gasteiger partial charge is 0.309 e. The summed E-state index contributed by atoms with van der Waals surface area (Å²) in [6.07, 6.45) is 3.32. The molecule has 1 rings (SSSR count). The van der Waals surface area contributed by atoms with Gasteiger partial charge in [-0.1, -0.05) is 0 Å². The first-order valence-corrected chi connectivity index (χ1v) is 2.77. The van der Waals surface area contributed by atoms with E-state index in [-0.39, 0.29) is 6.23 Å². The van der Waals surface area contributed by atoms with Gasteiger partial charge in [-0.3, -0.25) is 0 Å². The Morgan fingerprint density at radius 2 is 2.56 bits per heavy atom. The normalized spacial score (nSPS) is 13.6. The number of aromatic nitrogens is 3. The van der Waals surface area contributed by atoms with Gasteiger partial charge in [-0.05, 0) is 4.98 Å². The first kappa shape index (κ1) is 6.22. The van der Waals surface area contributed by atoms with E-state index in [1.54, 1.807) is 24.4 Å². The molecule has 0 amide bonds. The highest BCUT2D eigenvalue weighted by atomic mass is 16.5. The Balaban J connectivity index is 2.65. The zero-order chi connectivity index (χ0) is 6.69. The highest BCUT2D eigenvalue weighted by Crippen LogP contribution is 1.88. The summed E-state index contributed by atoms with van der Waals surface area (Å²) in [5.74, 6) is 0. The van der Waals surface area contributed by atoms with Gasteiger partial charge < -0.3 is 4.74 Å². The summed E-state index contributed by atoms with van der Waals surface area (Å²) in [6.45, 7) is 1.93. The molecule has 1 unspecified atom stereocenters. The van der Waals surface area contributed by atoms with Crippen molar-refractivity contribution < 1.29 is 9.42 Å². The van der Waals surface area contributed by atoms with E-state index in [0.717, 1.165) is 0 Å². The minimum atomic E-state index is 0.0347. The molecule has 0 radical (unpaired) electrons. The van der Waals surface area contributed by atoms with Gasteiger partial charge in [0, 0.05) is 14.0 Å². The van der Waals surface area contributed by atoms with E-state index in [1.807, 2.05) is 6.92 Å². The zero-order valence-corrected chi connectivity index (χ0v) is 5.53. The Morgan fingerprint density at radius 1 is 1.78 bits per heavy atom. The monoisotopic (exact) mass is 128 g/mol. The van der Waals surface area contributed by atoms with Crippen molar-refractivity contribution >= 4 is 0 Å². The molecule has 4 nitrogen and oxygen atoms in total. The van der Waals surface area contributed by atoms with E-state index in [0.29, 0.717) is 0 Å². The Hall–Kier alpha value is -0.900. The first-order chi connectivity index (χ1) is 4.34. The standard InChI is InChI=1S/C5H9N3O/c1-5(9-2)8-4-6-3-7-8/h3-5H,1-2H3/p+1. The van der Waals surface area contributed by atoms with Crippen molar-refractivity contribution in [2.45, 2.75) is 13.2 Å². The Bertz CT molecular complexity index is 161. The maximum absolute atomic E-state index is 4.99. The van der Waals surface area contributed by atoms with Crippen LogP contribution in [0.1, 0.15) is 13.2 Å². The Morgan fingerprint density at radius 3 is 3.00 bits per heavy atom. The molecule has 0 saturated heterocycles. The highest BCUT2D eigenvalue weighted by molar-refractivity contribution is 4.35. The van der Waals surface area contributed by atoms with Gasteiger partial charge in [-0.15, -0.1) is 4.68 Å². The fourth-order valence-corrected chi connectivity index (χ4v) is 0.551. The molecule has 1 aromatic heterocycles. The van der Waals surface area contributed by atoms with Crippen LogP contribution in [-0.2, 0) is 4.74 Å². The van der Waals surface area contributed by atoms with Gasteiger partial charge in [-0.2, -0.15) is 5.10 Å². The molecular formula is C5H10N3O+. The maximum Gasteiger partial charge on any atom is 0.309 e. The van der Waals surface area contributed by atoms with E-state index in [9.17, 15) is 0 Å². The fourth-order valence-electron chi connectivity index (χ4n) is 0.551. The maximum atomic E-state index is 4.99. The van der Waals surface area contributed by atoms with Gasteiger partial charge in [0.2, 0.25) is 12.6 Å². The van der Waals surface area contributed by atoms with E-state index in [4.69, 9.17) is 4.74 Å². The third-order valence-electron chi connectivity index (χ3n) is 1.21. The van der Waals surface area contributed by atoms with Crippen LogP contribution in [0.25, 0.3) is 0 Å². The highest BCUT2D eigenvalue weighted by Gasteiger charge is 2.06. The molecule has 4 heteroatoms. The van der Waals surface area contributed by atoms with E-state index < -0.39 is 0 Å². The second kappa shape index (κ2) is 2.59. The van der Waals surface area contributed by atoms with E-state index in [2.05, 4.69) is 10.1 Å². The predicted octanol–water partition coefficient (Wildman–Crippen LogP) is -0.138. The summed E-state index contributed by atoms with van der Waals surface area (Å²) in [6, 6.07) is 0. The first-order valence-electron chi connectivity index (χ1n) is 2.77. The van der Waals surface area contributed by atoms with Crippen molar-refractivity contribution in [1.29, 1.82) is 0 Å². The van der Waals surface area contributed by atoms with Crippen LogP contribution >= 0.6 is 0 Å². The molecule has 0 aromatic carbocycles. The molecule has 1 atom stereocenters. The fraction of sp³-hybridized carbons (Fsp3) is 0.600. The SMILES string of the molecule is COC(C)[n+]1cnc[nH]1. The predicted molar refractivity (Wildman–Crippen MR) is 30.5 cm³/mol. The zero-order valence-electron chi connectivity index (χ0n) is 5.53. The topological polar surface area (TPSA) is 41.8 Å². The van der Waals surface area contributed by atoms with Crippen LogP contribution in [0.5, 0.6) is 0 Å². The number of rotatable bonds is 2. The number of H-pyrrole nitrogens is 1. The molecule has 0 aliphatic carbocycles. The minimum Gasteiger partial charge on any atom is -0.341 e. The molecule has 1 heterocycles. The van der Waals surface area contributed by atoms with Gasteiger partial charge in [0.15, 0.2) is 0 Å². The second-order valence-corrected chi connectivity index (χ2v) is 1.77. The molecule has 0 bridgehead atoms. The summed E-state index contributed by atoms with van der Waals surface area (Å²) in [5, 5.41) is 2.87. The number of nitrogens with zero attached hydrogens (tertiary/aromatic N) is 2. The summed E-state index contributed by atoms with van der Waals surface area (Å²) < 4.78 is 6.75. The third-order valence-corrected chi connectivity index (χ3v) is 1.21. The van der Waals surface area contributed by atoms with Crippen molar-refractivity contribution in [3.63, 3.8) is 0 Å². The van der Waals surface area contributed by atoms with Crippen molar-refractivity contribution in [1.82, 2.24) is 10.1 Å². The van der Waals surface area contributed by atoms with Crippen molar-refractivity contribution in [3.05, 3.63) is 12.7 Å². The van der Waals surface area contributed by atoms with Crippen molar-refractivity contribution in [2.75, 3.05) is 7.11 Å². The number of aromatic amines is 1. The molecule has 0 spiro atoms. The van der Waals surface area contributed by atoms with Gasteiger partial charge in [-0.25, -0.2) is 0 Å². The summed E-state index contributed by atoms with van der Waals surface area (Å²) in [7, 11) is 1.65. The molecule has 0 fully saturated rings. The molecule has 0 saturated carbocycles. The second-order valence-electron chi connectivity index (χ2n) is 1.77. The largest absolute Gasteiger partial charge is 0.341 e. The number of methoxy groups -OCH3 is 1. The summed E-state index contributed by atoms with van der Waals surface area (Å²) in [5.41, 5.74) is 0. The molecule has 1 N–H and O–H groups in total. The molecule has 0 aliphatic heterocycles. The van der Waals surface area contributed by atoms with Gasteiger partial charge >= 0.3 is 6.33 Å². The summed E-state index contributed by atoms with van der Waals surface area (Å²) in [4.78, 5) is 3.82. The lowest BCUT2D eigenvalue weighted by Gasteiger charge is -2.01. The average molecular weight is 128 g/mol. The van der Waals surface area contributed by atoms with E-state index in [1.165, 1.54) is 0 Å².